The van der Waals surface area contributed by atoms with Crippen LogP contribution in [0.3, 0.4) is 0 Å². The molecule has 27 heavy (non-hydrogen) atoms. The van der Waals surface area contributed by atoms with Crippen molar-refractivity contribution in [2.24, 2.45) is 5.92 Å². The molecule has 0 fully saturated rings. The first-order chi connectivity index (χ1) is 13.0. The molecule has 0 bridgehead atoms. The molecule has 3 amide bonds. The first-order valence-corrected chi connectivity index (χ1v) is 9.11. The number of amides is 3. The van der Waals surface area contributed by atoms with E-state index in [0.29, 0.717) is 24.9 Å². The van der Waals surface area contributed by atoms with Gasteiger partial charge in [0.15, 0.2) is 0 Å². The molecule has 2 atom stereocenters. The van der Waals surface area contributed by atoms with Gasteiger partial charge in [0.2, 0.25) is 17.7 Å². The Kier molecular flexibility index (Phi) is 7.63. The van der Waals surface area contributed by atoms with Crippen LogP contribution in [0.4, 0.5) is 5.69 Å². The van der Waals surface area contributed by atoms with Gasteiger partial charge in [-0.1, -0.05) is 43.2 Å². The third kappa shape index (κ3) is 6.00. The van der Waals surface area contributed by atoms with E-state index < -0.39 is 17.9 Å². The van der Waals surface area contributed by atoms with Gasteiger partial charge in [0.1, 0.15) is 6.04 Å². The summed E-state index contributed by atoms with van der Waals surface area (Å²) < 4.78 is 0. The van der Waals surface area contributed by atoms with E-state index in [1.807, 2.05) is 43.3 Å². The molecular formula is C21H25N3O3. The fourth-order valence-corrected chi connectivity index (χ4v) is 2.78. The summed E-state index contributed by atoms with van der Waals surface area (Å²) in [6.07, 6.45) is 5.52. The van der Waals surface area contributed by atoms with Gasteiger partial charge in [0.05, 0.1) is 12.5 Å². The van der Waals surface area contributed by atoms with Crippen molar-refractivity contribution in [2.75, 3.05) is 11.9 Å². The molecular weight excluding hydrogens is 342 g/mol. The highest BCUT2D eigenvalue weighted by molar-refractivity contribution is 5.99. The van der Waals surface area contributed by atoms with E-state index in [0.717, 1.165) is 5.56 Å². The lowest BCUT2D eigenvalue weighted by Crippen LogP contribution is -2.47. The Bertz CT molecular complexity index is 789. The molecule has 0 unspecified atom stereocenters. The second-order valence-electron chi connectivity index (χ2n) is 6.25. The summed E-state index contributed by atoms with van der Waals surface area (Å²) in [5, 5.41) is 8.14. The van der Waals surface area contributed by atoms with Gasteiger partial charge in [-0.05, 0) is 37.8 Å². The highest BCUT2D eigenvalue weighted by Crippen LogP contribution is 2.18. The predicted octanol–water partition coefficient (Wildman–Crippen LogP) is 2.08. The smallest absolute Gasteiger partial charge is 0.246 e. The number of hydrogen-bond acceptors (Lipinski definition) is 3. The van der Waals surface area contributed by atoms with E-state index in [1.54, 1.807) is 6.92 Å². The van der Waals surface area contributed by atoms with Crippen molar-refractivity contribution < 1.29 is 14.4 Å². The minimum Gasteiger partial charge on any atom is -0.346 e. The van der Waals surface area contributed by atoms with E-state index in [9.17, 15) is 14.4 Å². The van der Waals surface area contributed by atoms with Crippen molar-refractivity contribution in [3.05, 3.63) is 35.9 Å². The highest BCUT2D eigenvalue weighted by Gasteiger charge is 2.21. The molecule has 1 aliphatic heterocycles. The molecule has 142 valence electrons. The molecule has 2 rings (SSSR count). The Labute approximate surface area is 159 Å². The summed E-state index contributed by atoms with van der Waals surface area (Å²) in [6, 6.07) is 6.78. The van der Waals surface area contributed by atoms with Crippen molar-refractivity contribution in [3.8, 4) is 11.8 Å². The van der Waals surface area contributed by atoms with Gasteiger partial charge in [0, 0.05) is 5.69 Å². The number of anilines is 1. The number of allylic oxidation sites excluding steroid dienone is 1. The second kappa shape index (κ2) is 10.2. The number of fused-ring (bicyclic) bond motifs is 1. The molecule has 0 radical (unpaired) electrons. The molecule has 1 aromatic carbocycles. The Balaban J connectivity index is 2.29. The van der Waals surface area contributed by atoms with Crippen LogP contribution in [0.5, 0.6) is 0 Å². The number of hydrogen-bond donors (Lipinski definition) is 3. The molecule has 3 N–H and O–H groups in total. The van der Waals surface area contributed by atoms with E-state index in [2.05, 4.69) is 27.8 Å². The van der Waals surface area contributed by atoms with Crippen LogP contribution < -0.4 is 16.0 Å². The van der Waals surface area contributed by atoms with Crippen LogP contribution >= 0.6 is 0 Å². The number of carbonyl (C=O) groups is 3. The Morgan fingerprint density at radius 1 is 1.15 bits per heavy atom. The molecule has 0 spiro atoms. The maximum absolute atomic E-state index is 12.5. The van der Waals surface area contributed by atoms with Gasteiger partial charge in [-0.25, -0.2) is 0 Å². The SMILES string of the molecule is CC#C[C@H]1CC/C=C/c2ccccc2NC(=O)[C@@H](CC)NC(=O)CNC1=O. The Morgan fingerprint density at radius 3 is 2.67 bits per heavy atom. The number of rotatable bonds is 1. The molecule has 0 aliphatic carbocycles. The van der Waals surface area contributed by atoms with Crippen LogP contribution in [-0.4, -0.2) is 30.3 Å². The van der Waals surface area contributed by atoms with Crippen molar-refractivity contribution in [3.63, 3.8) is 0 Å². The molecule has 1 heterocycles. The zero-order chi connectivity index (χ0) is 19.6. The lowest BCUT2D eigenvalue weighted by atomic mass is 10.0. The fraction of sp³-hybridized carbons (Fsp3) is 0.381. The summed E-state index contributed by atoms with van der Waals surface area (Å²) in [5.41, 5.74) is 1.55. The molecule has 0 aromatic heterocycles. The topological polar surface area (TPSA) is 87.3 Å². The van der Waals surface area contributed by atoms with E-state index in [4.69, 9.17) is 0 Å². The lowest BCUT2D eigenvalue weighted by molar-refractivity contribution is -0.129. The summed E-state index contributed by atoms with van der Waals surface area (Å²) >= 11 is 0. The number of carbonyl (C=O) groups excluding carboxylic acids is 3. The van der Waals surface area contributed by atoms with Crippen LogP contribution in [0.15, 0.2) is 30.3 Å². The Hall–Kier alpha value is -3.07. The molecule has 1 aromatic rings. The van der Waals surface area contributed by atoms with Crippen molar-refractivity contribution >= 4 is 29.5 Å². The van der Waals surface area contributed by atoms with Gasteiger partial charge in [-0.3, -0.25) is 14.4 Å². The second-order valence-corrected chi connectivity index (χ2v) is 6.25. The highest BCUT2D eigenvalue weighted by atomic mass is 16.2. The van der Waals surface area contributed by atoms with Crippen molar-refractivity contribution in [1.82, 2.24) is 10.6 Å². The van der Waals surface area contributed by atoms with E-state index >= 15 is 0 Å². The number of benzene rings is 1. The third-order valence-electron chi connectivity index (χ3n) is 4.26. The van der Waals surface area contributed by atoms with Crippen molar-refractivity contribution in [2.45, 2.75) is 39.2 Å². The molecule has 0 saturated carbocycles. The van der Waals surface area contributed by atoms with Crippen LogP contribution in [0.25, 0.3) is 6.08 Å². The van der Waals surface area contributed by atoms with Gasteiger partial charge in [0.25, 0.3) is 0 Å². The van der Waals surface area contributed by atoms with E-state index in [-0.39, 0.29) is 18.4 Å². The van der Waals surface area contributed by atoms with Gasteiger partial charge < -0.3 is 16.0 Å². The normalized spacial score (nSPS) is 22.5. The number of nitrogens with one attached hydrogen (secondary N) is 3. The molecule has 6 nitrogen and oxygen atoms in total. The largest absolute Gasteiger partial charge is 0.346 e. The standard InChI is InChI=1S/C21H25N3O3/c1-3-9-16-12-6-5-10-15-11-7-8-13-18(15)24-21(27)17(4-2)23-19(25)14-22-20(16)26/h5,7-8,10-11,13,16-17H,4,6,12,14H2,1-2H3,(H,22,26)(H,23,25)(H,24,27)/b10-5+/t16-,17+/m0/s1. The minimum atomic E-state index is -0.678. The van der Waals surface area contributed by atoms with Gasteiger partial charge in [-0.15, -0.1) is 5.92 Å². The first-order valence-electron chi connectivity index (χ1n) is 9.11. The zero-order valence-corrected chi connectivity index (χ0v) is 15.7. The van der Waals surface area contributed by atoms with Gasteiger partial charge >= 0.3 is 0 Å². The molecule has 0 saturated heterocycles. The first kappa shape index (κ1) is 20.2. The predicted molar refractivity (Wildman–Crippen MR) is 106 cm³/mol. The summed E-state index contributed by atoms with van der Waals surface area (Å²) in [4.78, 5) is 37.0. The van der Waals surface area contributed by atoms with Gasteiger partial charge in [-0.2, -0.15) is 0 Å². The lowest BCUT2D eigenvalue weighted by Gasteiger charge is -2.18. The quantitative estimate of drug-likeness (QED) is 0.664. The number of para-hydroxylation sites is 1. The summed E-state index contributed by atoms with van der Waals surface area (Å²) in [6.45, 7) is 3.32. The Morgan fingerprint density at radius 2 is 1.93 bits per heavy atom. The monoisotopic (exact) mass is 367 g/mol. The fourth-order valence-electron chi connectivity index (χ4n) is 2.78. The van der Waals surface area contributed by atoms with Crippen LogP contribution in [0.1, 0.15) is 38.7 Å². The maximum atomic E-state index is 12.5. The molecule has 6 heteroatoms. The van der Waals surface area contributed by atoms with Crippen LogP contribution in [-0.2, 0) is 14.4 Å². The average Bonchev–Trinajstić information content (AvgIpc) is 2.67. The zero-order valence-electron chi connectivity index (χ0n) is 15.7. The third-order valence-corrected chi connectivity index (χ3v) is 4.26. The van der Waals surface area contributed by atoms with E-state index in [1.165, 1.54) is 0 Å². The minimum absolute atomic E-state index is 0.184. The maximum Gasteiger partial charge on any atom is 0.246 e. The van der Waals surface area contributed by atoms with Crippen LogP contribution in [0, 0.1) is 17.8 Å². The summed E-state index contributed by atoms with van der Waals surface area (Å²) in [7, 11) is 0. The molecule has 1 aliphatic rings. The average molecular weight is 367 g/mol. The van der Waals surface area contributed by atoms with Crippen LogP contribution in [0.2, 0.25) is 0 Å². The van der Waals surface area contributed by atoms with Crippen molar-refractivity contribution in [1.29, 1.82) is 0 Å². The summed E-state index contributed by atoms with van der Waals surface area (Å²) in [5.74, 6) is 4.21.